The van der Waals surface area contributed by atoms with E-state index in [0.717, 1.165) is 10.3 Å². The topological polar surface area (TPSA) is 70.4 Å². The molecule has 0 radical (unpaired) electrons. The predicted octanol–water partition coefficient (Wildman–Crippen LogP) is 2.13. The van der Waals surface area contributed by atoms with Gasteiger partial charge in [0.15, 0.2) is 5.69 Å². The smallest absolute Gasteiger partial charge is 0.308 e. The van der Waals surface area contributed by atoms with Crippen LogP contribution in [0.1, 0.15) is 27.3 Å². The molecule has 0 amide bonds. The number of carbonyl (C=O) groups is 1. The van der Waals surface area contributed by atoms with Gasteiger partial charge >= 0.3 is 5.56 Å². The van der Waals surface area contributed by atoms with Crippen molar-refractivity contribution in [1.29, 1.82) is 0 Å². The van der Waals surface area contributed by atoms with E-state index >= 15 is 0 Å². The maximum atomic E-state index is 12.9. The summed E-state index contributed by atoms with van der Waals surface area (Å²) in [7, 11) is 2.71. The Morgan fingerprint density at radius 3 is 2.19 bits per heavy atom. The third-order valence-corrected chi connectivity index (χ3v) is 3.91. The molecule has 0 N–H and O–H groups in total. The Morgan fingerprint density at radius 1 is 1.00 bits per heavy atom. The number of hydrogen-bond acceptors (Lipinski definition) is 5. The molecule has 0 bridgehead atoms. The maximum absolute atomic E-state index is 12.9. The second kappa shape index (κ2) is 7.65. The number of rotatable bonds is 6. The molecule has 3 rings (SSSR count). The summed E-state index contributed by atoms with van der Waals surface area (Å²) >= 11 is 0. The van der Waals surface area contributed by atoms with E-state index in [0.29, 0.717) is 5.56 Å². The van der Waals surface area contributed by atoms with Gasteiger partial charge in [0, 0.05) is 12.0 Å². The number of hydrogen-bond donors (Lipinski definition) is 0. The van der Waals surface area contributed by atoms with Gasteiger partial charge in [0.05, 0.1) is 7.11 Å². The summed E-state index contributed by atoms with van der Waals surface area (Å²) in [6.07, 6.45) is 0.280. The molecule has 0 saturated heterocycles. The number of benzene rings is 2. The van der Waals surface area contributed by atoms with E-state index in [2.05, 4.69) is 4.98 Å². The molecule has 1 heterocycles. The summed E-state index contributed by atoms with van der Waals surface area (Å²) in [6.45, 7) is 0. The first-order valence-electron chi connectivity index (χ1n) is 8.03. The minimum atomic E-state index is -0.460. The van der Waals surface area contributed by atoms with Crippen LogP contribution in [-0.2, 0) is 6.42 Å². The lowest BCUT2D eigenvalue weighted by Gasteiger charge is -2.14. The van der Waals surface area contributed by atoms with Crippen LogP contribution in [0.25, 0.3) is 0 Å². The van der Waals surface area contributed by atoms with Crippen LogP contribution in [0, 0.1) is 0 Å². The van der Waals surface area contributed by atoms with Gasteiger partial charge in [-0.05, 0) is 5.56 Å². The molecule has 6 heteroatoms. The van der Waals surface area contributed by atoms with Crippen molar-refractivity contribution >= 4 is 5.78 Å². The Kier molecular flexibility index (Phi) is 5.12. The van der Waals surface area contributed by atoms with Gasteiger partial charge in [-0.1, -0.05) is 60.7 Å². The summed E-state index contributed by atoms with van der Waals surface area (Å²) in [4.78, 5) is 35.1. The molecule has 0 fully saturated rings. The monoisotopic (exact) mass is 350 g/mol. The fourth-order valence-electron chi connectivity index (χ4n) is 2.66. The highest BCUT2D eigenvalue weighted by Crippen LogP contribution is 2.19. The van der Waals surface area contributed by atoms with Crippen molar-refractivity contribution in [3.63, 3.8) is 0 Å². The molecule has 1 aromatic heterocycles. The third kappa shape index (κ3) is 3.35. The van der Waals surface area contributed by atoms with E-state index in [9.17, 15) is 9.59 Å². The predicted molar refractivity (Wildman–Crippen MR) is 96.7 cm³/mol. The van der Waals surface area contributed by atoms with Gasteiger partial charge in [-0.3, -0.25) is 9.59 Å². The SMILES string of the molecule is COc1c(C(=O)c2ccccc2)nc(Cc2ccccc2)c(=O)n1OC. The van der Waals surface area contributed by atoms with Gasteiger partial charge in [-0.15, -0.1) is 4.73 Å². The van der Waals surface area contributed by atoms with Crippen LogP contribution in [0.5, 0.6) is 5.88 Å². The molecule has 0 spiro atoms. The van der Waals surface area contributed by atoms with Gasteiger partial charge in [0.2, 0.25) is 5.78 Å². The normalized spacial score (nSPS) is 10.4. The van der Waals surface area contributed by atoms with Crippen molar-refractivity contribution in [1.82, 2.24) is 9.71 Å². The van der Waals surface area contributed by atoms with Crippen LogP contribution in [0.2, 0.25) is 0 Å². The second-order valence-corrected chi connectivity index (χ2v) is 5.56. The quantitative estimate of drug-likeness (QED) is 0.637. The first kappa shape index (κ1) is 17.4. The molecule has 3 aromatic rings. The largest absolute Gasteiger partial charge is 0.478 e. The molecule has 132 valence electrons. The van der Waals surface area contributed by atoms with Crippen molar-refractivity contribution in [2.75, 3.05) is 14.2 Å². The lowest BCUT2D eigenvalue weighted by molar-refractivity contribution is 0.0995. The van der Waals surface area contributed by atoms with Crippen molar-refractivity contribution in [3.05, 3.63) is 93.5 Å². The molecular formula is C20H18N2O4. The summed E-state index contributed by atoms with van der Waals surface area (Å²) in [6, 6.07) is 18.1. The molecule has 26 heavy (non-hydrogen) atoms. The first-order valence-corrected chi connectivity index (χ1v) is 8.03. The molecule has 0 aliphatic rings. The zero-order valence-corrected chi connectivity index (χ0v) is 14.5. The van der Waals surface area contributed by atoms with Gasteiger partial charge in [-0.2, -0.15) is 0 Å². The van der Waals surface area contributed by atoms with Gasteiger partial charge in [0.1, 0.15) is 12.8 Å². The molecule has 0 aliphatic heterocycles. The number of nitrogens with zero attached hydrogens (tertiary/aromatic N) is 2. The molecule has 0 unspecified atom stereocenters. The van der Waals surface area contributed by atoms with Crippen LogP contribution in [0.3, 0.4) is 0 Å². The van der Waals surface area contributed by atoms with Crippen molar-refractivity contribution in [2.24, 2.45) is 0 Å². The van der Waals surface area contributed by atoms with E-state index in [4.69, 9.17) is 9.57 Å². The van der Waals surface area contributed by atoms with Crippen molar-refractivity contribution in [3.8, 4) is 5.88 Å². The maximum Gasteiger partial charge on any atom is 0.308 e. The summed E-state index contributed by atoms with van der Waals surface area (Å²) in [5, 5.41) is 0. The Morgan fingerprint density at radius 2 is 1.62 bits per heavy atom. The minimum absolute atomic E-state index is 0.0248. The van der Waals surface area contributed by atoms with Crippen molar-refractivity contribution in [2.45, 2.75) is 6.42 Å². The molecule has 0 saturated carbocycles. The van der Waals surface area contributed by atoms with E-state index in [1.165, 1.54) is 14.2 Å². The van der Waals surface area contributed by atoms with E-state index < -0.39 is 5.56 Å². The molecular weight excluding hydrogens is 332 g/mol. The van der Waals surface area contributed by atoms with E-state index in [1.807, 2.05) is 36.4 Å². The third-order valence-electron chi connectivity index (χ3n) is 3.91. The highest BCUT2D eigenvalue weighted by molar-refractivity contribution is 6.09. The Bertz CT molecular complexity index is 966. The lowest BCUT2D eigenvalue weighted by atomic mass is 10.1. The number of aromatic nitrogens is 2. The fraction of sp³-hybridized carbons (Fsp3) is 0.150. The van der Waals surface area contributed by atoms with Gasteiger partial charge in [0.25, 0.3) is 5.88 Å². The van der Waals surface area contributed by atoms with Crippen LogP contribution < -0.4 is 15.1 Å². The van der Waals surface area contributed by atoms with Crippen molar-refractivity contribution < 1.29 is 14.4 Å². The van der Waals surface area contributed by atoms with Crippen LogP contribution in [-0.4, -0.2) is 29.7 Å². The summed E-state index contributed by atoms with van der Waals surface area (Å²) in [5.74, 6) is -0.370. The summed E-state index contributed by atoms with van der Waals surface area (Å²) in [5.41, 5.74) is 1.13. The van der Waals surface area contributed by atoms with E-state index in [-0.39, 0.29) is 29.5 Å². The lowest BCUT2D eigenvalue weighted by Crippen LogP contribution is -2.32. The van der Waals surface area contributed by atoms with Crippen LogP contribution >= 0.6 is 0 Å². The summed E-state index contributed by atoms with van der Waals surface area (Å²) < 4.78 is 6.21. The second-order valence-electron chi connectivity index (χ2n) is 5.56. The number of methoxy groups -OCH3 is 1. The average Bonchev–Trinajstić information content (AvgIpc) is 2.70. The van der Waals surface area contributed by atoms with E-state index in [1.54, 1.807) is 24.3 Å². The van der Waals surface area contributed by atoms with Gasteiger partial charge < -0.3 is 9.57 Å². The molecule has 2 aromatic carbocycles. The minimum Gasteiger partial charge on any atom is -0.478 e. The Labute approximate surface area is 150 Å². The van der Waals surface area contributed by atoms with Crippen LogP contribution in [0.4, 0.5) is 0 Å². The number of carbonyl (C=O) groups excluding carboxylic acids is 1. The first-order chi connectivity index (χ1) is 12.7. The zero-order chi connectivity index (χ0) is 18.5. The zero-order valence-electron chi connectivity index (χ0n) is 14.5. The number of ketones is 1. The number of ether oxygens (including phenoxy) is 1. The molecule has 0 aliphatic carbocycles. The Balaban J connectivity index is 2.15. The average molecular weight is 350 g/mol. The highest BCUT2D eigenvalue weighted by atomic mass is 16.7. The van der Waals surface area contributed by atoms with Crippen LogP contribution in [0.15, 0.2) is 65.5 Å². The Hall–Kier alpha value is -3.41. The molecule has 6 nitrogen and oxygen atoms in total. The standard InChI is InChI=1S/C20H18N2O4/c1-25-20-17(18(23)15-11-7-4-8-12-15)21-16(19(24)22(20)26-2)13-14-9-5-3-6-10-14/h3-12H,13H2,1-2H3. The fourth-order valence-corrected chi connectivity index (χ4v) is 2.66. The molecule has 0 atom stereocenters. The highest BCUT2D eigenvalue weighted by Gasteiger charge is 2.24. The van der Waals surface area contributed by atoms with Gasteiger partial charge in [-0.25, -0.2) is 4.98 Å².